The van der Waals surface area contributed by atoms with Crippen LogP contribution >= 0.6 is 0 Å². The van der Waals surface area contributed by atoms with Crippen LogP contribution in [0.3, 0.4) is 0 Å². The number of primary amides is 1. The van der Waals surface area contributed by atoms with Gasteiger partial charge in [0.15, 0.2) is 5.75 Å². The molecular weight excluding hydrogens is 244 g/mol. The van der Waals surface area contributed by atoms with E-state index in [4.69, 9.17) is 16.2 Å². The normalized spacial score (nSPS) is 10.5. The molecule has 2 rings (SSSR count). The van der Waals surface area contributed by atoms with Gasteiger partial charge in [0.2, 0.25) is 0 Å². The maximum atomic E-state index is 11.4. The summed E-state index contributed by atoms with van der Waals surface area (Å²) in [7, 11) is 1.83. The number of carbonyl (C=O) groups is 1. The number of hydrogen-bond donors (Lipinski definition) is 2. The van der Waals surface area contributed by atoms with Crippen LogP contribution in [0.2, 0.25) is 0 Å². The molecule has 0 atom stereocenters. The number of ether oxygens (including phenoxy) is 1. The molecule has 4 N–H and O–H groups in total. The van der Waals surface area contributed by atoms with Crippen molar-refractivity contribution in [3.05, 3.63) is 35.2 Å². The van der Waals surface area contributed by atoms with E-state index in [0.717, 1.165) is 11.4 Å². The zero-order valence-electron chi connectivity index (χ0n) is 11.1. The Morgan fingerprint density at radius 2 is 2.05 bits per heavy atom. The van der Waals surface area contributed by atoms with E-state index in [9.17, 15) is 4.79 Å². The van der Waals surface area contributed by atoms with Gasteiger partial charge in [-0.05, 0) is 32.0 Å². The van der Waals surface area contributed by atoms with Crippen molar-refractivity contribution in [2.75, 3.05) is 5.73 Å². The molecule has 1 aromatic carbocycles. The SMILES string of the molecule is Cc1nn(C)c(C)c1Oc1ccc(N)cc1C(N)=O. The Hall–Kier alpha value is -2.50. The van der Waals surface area contributed by atoms with Crippen molar-refractivity contribution in [1.29, 1.82) is 0 Å². The van der Waals surface area contributed by atoms with Crippen molar-refractivity contribution >= 4 is 11.6 Å². The van der Waals surface area contributed by atoms with Crippen molar-refractivity contribution in [1.82, 2.24) is 9.78 Å². The third-order valence-electron chi connectivity index (χ3n) is 2.92. The molecule has 0 aliphatic heterocycles. The van der Waals surface area contributed by atoms with E-state index in [0.29, 0.717) is 17.2 Å². The zero-order valence-corrected chi connectivity index (χ0v) is 11.1. The van der Waals surface area contributed by atoms with E-state index >= 15 is 0 Å². The number of nitrogens with zero attached hydrogens (tertiary/aromatic N) is 2. The van der Waals surface area contributed by atoms with Crippen molar-refractivity contribution < 1.29 is 9.53 Å². The summed E-state index contributed by atoms with van der Waals surface area (Å²) in [6, 6.07) is 4.78. The number of rotatable bonds is 3. The predicted octanol–water partition coefficient (Wildman–Crippen LogP) is 1.51. The lowest BCUT2D eigenvalue weighted by molar-refractivity contribution is 0.0998. The molecule has 100 valence electrons. The summed E-state index contributed by atoms with van der Waals surface area (Å²) in [6.45, 7) is 3.72. The van der Waals surface area contributed by atoms with Crippen LogP contribution in [0.5, 0.6) is 11.5 Å². The summed E-state index contributed by atoms with van der Waals surface area (Å²) in [5.41, 5.74) is 13.3. The Labute approximate surface area is 111 Å². The first-order valence-corrected chi connectivity index (χ1v) is 5.77. The quantitative estimate of drug-likeness (QED) is 0.817. The Bertz CT molecular complexity index is 646. The number of hydrogen-bond acceptors (Lipinski definition) is 4. The second kappa shape index (κ2) is 4.64. The summed E-state index contributed by atoms with van der Waals surface area (Å²) in [5, 5.41) is 4.25. The summed E-state index contributed by atoms with van der Waals surface area (Å²) in [6.07, 6.45) is 0. The highest BCUT2D eigenvalue weighted by molar-refractivity contribution is 5.96. The number of nitrogens with two attached hydrogens (primary N) is 2. The second-order valence-corrected chi connectivity index (χ2v) is 4.35. The molecular formula is C13H16N4O2. The van der Waals surface area contributed by atoms with E-state index in [2.05, 4.69) is 5.10 Å². The van der Waals surface area contributed by atoms with Crippen molar-refractivity contribution in [2.24, 2.45) is 12.8 Å². The van der Waals surface area contributed by atoms with Gasteiger partial charge in [0, 0.05) is 12.7 Å². The Balaban J connectivity index is 2.46. The van der Waals surface area contributed by atoms with E-state index in [1.807, 2.05) is 20.9 Å². The molecule has 0 spiro atoms. The van der Waals surface area contributed by atoms with Crippen molar-refractivity contribution in [2.45, 2.75) is 13.8 Å². The fourth-order valence-electron chi connectivity index (χ4n) is 1.84. The highest BCUT2D eigenvalue weighted by atomic mass is 16.5. The average molecular weight is 260 g/mol. The van der Waals surface area contributed by atoms with Crippen LogP contribution in [0.15, 0.2) is 18.2 Å². The Kier molecular flexibility index (Phi) is 3.16. The van der Waals surface area contributed by atoms with Gasteiger partial charge in [-0.25, -0.2) is 0 Å². The Morgan fingerprint density at radius 1 is 1.37 bits per heavy atom. The summed E-state index contributed by atoms with van der Waals surface area (Å²) < 4.78 is 7.48. The average Bonchev–Trinajstić information content (AvgIpc) is 2.57. The third kappa shape index (κ3) is 2.37. The van der Waals surface area contributed by atoms with Gasteiger partial charge in [-0.15, -0.1) is 0 Å². The number of carbonyl (C=O) groups excluding carboxylic acids is 1. The molecule has 0 fully saturated rings. The minimum atomic E-state index is -0.582. The van der Waals surface area contributed by atoms with E-state index < -0.39 is 5.91 Å². The van der Waals surface area contributed by atoms with Gasteiger partial charge in [0.05, 0.1) is 11.3 Å². The van der Waals surface area contributed by atoms with Crippen LogP contribution in [0.4, 0.5) is 5.69 Å². The van der Waals surface area contributed by atoms with Gasteiger partial charge >= 0.3 is 0 Å². The Morgan fingerprint density at radius 3 is 2.58 bits per heavy atom. The van der Waals surface area contributed by atoms with Crippen molar-refractivity contribution in [3.63, 3.8) is 0 Å². The summed E-state index contributed by atoms with van der Waals surface area (Å²) in [4.78, 5) is 11.4. The molecule has 1 heterocycles. The number of aryl methyl sites for hydroxylation is 2. The molecule has 6 heteroatoms. The monoisotopic (exact) mass is 260 g/mol. The van der Waals surface area contributed by atoms with Gasteiger partial charge in [0.1, 0.15) is 11.4 Å². The highest BCUT2D eigenvalue weighted by Crippen LogP contribution is 2.31. The fraction of sp³-hybridized carbons (Fsp3) is 0.231. The lowest BCUT2D eigenvalue weighted by Gasteiger charge is -2.10. The maximum Gasteiger partial charge on any atom is 0.252 e. The van der Waals surface area contributed by atoms with Crippen LogP contribution < -0.4 is 16.2 Å². The largest absolute Gasteiger partial charge is 0.453 e. The first-order valence-electron chi connectivity index (χ1n) is 5.77. The summed E-state index contributed by atoms with van der Waals surface area (Å²) >= 11 is 0. The smallest absolute Gasteiger partial charge is 0.252 e. The van der Waals surface area contributed by atoms with Crippen LogP contribution in [-0.4, -0.2) is 15.7 Å². The van der Waals surface area contributed by atoms with Gasteiger partial charge in [-0.3, -0.25) is 9.48 Å². The number of nitrogen functional groups attached to an aromatic ring is 1. The molecule has 2 aromatic rings. The third-order valence-corrected chi connectivity index (χ3v) is 2.92. The molecule has 0 radical (unpaired) electrons. The molecule has 0 saturated carbocycles. The number of aromatic nitrogens is 2. The first kappa shape index (κ1) is 12.9. The zero-order chi connectivity index (χ0) is 14.2. The predicted molar refractivity (Wildman–Crippen MR) is 72.1 cm³/mol. The topological polar surface area (TPSA) is 96.2 Å². The minimum absolute atomic E-state index is 0.252. The number of amides is 1. The lowest BCUT2D eigenvalue weighted by atomic mass is 10.1. The standard InChI is InChI=1S/C13H16N4O2/c1-7-12(8(2)17(3)16-7)19-11-5-4-9(14)6-10(11)13(15)18/h4-6H,14H2,1-3H3,(H2,15,18). The highest BCUT2D eigenvalue weighted by Gasteiger charge is 2.16. The van der Waals surface area contributed by atoms with Gasteiger partial charge in [0.25, 0.3) is 5.91 Å². The van der Waals surface area contributed by atoms with Gasteiger partial charge in [-0.2, -0.15) is 5.10 Å². The van der Waals surface area contributed by atoms with Gasteiger partial charge in [-0.1, -0.05) is 0 Å². The van der Waals surface area contributed by atoms with Crippen molar-refractivity contribution in [3.8, 4) is 11.5 Å². The van der Waals surface area contributed by atoms with E-state index in [1.54, 1.807) is 16.8 Å². The molecule has 0 aliphatic rings. The van der Waals surface area contributed by atoms with E-state index in [-0.39, 0.29) is 5.56 Å². The molecule has 1 aromatic heterocycles. The molecule has 0 bridgehead atoms. The van der Waals surface area contributed by atoms with Crippen LogP contribution in [0, 0.1) is 13.8 Å². The summed E-state index contributed by atoms with van der Waals surface area (Å²) in [5.74, 6) is 0.414. The fourth-order valence-corrected chi connectivity index (χ4v) is 1.84. The van der Waals surface area contributed by atoms with Crippen LogP contribution in [0.25, 0.3) is 0 Å². The van der Waals surface area contributed by atoms with Crippen LogP contribution in [0.1, 0.15) is 21.7 Å². The number of anilines is 1. The molecule has 1 amide bonds. The molecule has 19 heavy (non-hydrogen) atoms. The second-order valence-electron chi connectivity index (χ2n) is 4.35. The molecule has 0 aliphatic carbocycles. The first-order chi connectivity index (χ1) is 8.90. The minimum Gasteiger partial charge on any atom is -0.453 e. The lowest BCUT2D eigenvalue weighted by Crippen LogP contribution is -2.12. The van der Waals surface area contributed by atoms with Crippen LogP contribution in [-0.2, 0) is 7.05 Å². The molecule has 0 unspecified atom stereocenters. The molecule has 0 saturated heterocycles. The molecule has 6 nitrogen and oxygen atoms in total. The number of benzene rings is 1. The van der Waals surface area contributed by atoms with Gasteiger partial charge < -0.3 is 16.2 Å². The van der Waals surface area contributed by atoms with E-state index in [1.165, 1.54) is 6.07 Å². The maximum absolute atomic E-state index is 11.4.